The molecule has 2 amide bonds. The van der Waals surface area contributed by atoms with Crippen LogP contribution in [0.4, 0.5) is 31.1 Å². The second-order valence-electron chi connectivity index (χ2n) is 3.36. The van der Waals surface area contributed by atoms with Gasteiger partial charge in [-0.15, -0.1) is 0 Å². The topological polar surface area (TPSA) is 87.7 Å². The molecule has 0 fully saturated rings. The van der Waals surface area contributed by atoms with Crippen molar-refractivity contribution in [3.63, 3.8) is 0 Å². The van der Waals surface area contributed by atoms with Crippen LogP contribution in [0.5, 0.6) is 0 Å². The maximum absolute atomic E-state index is 12.2. The average molecular weight is 281 g/mol. The summed E-state index contributed by atoms with van der Waals surface area (Å²) in [5.41, 5.74) is 0.226. The number of aliphatic hydroxyl groups is 1. The lowest BCUT2D eigenvalue weighted by molar-refractivity contribution is -0.365. The largest absolute Gasteiger partial charge is 0.426 e. The molecule has 4 N–H and O–H groups in total. The van der Waals surface area contributed by atoms with Crippen molar-refractivity contribution in [1.29, 1.82) is 0 Å². The van der Waals surface area contributed by atoms with Crippen molar-refractivity contribution >= 4 is 11.7 Å². The molecule has 0 aliphatic rings. The van der Waals surface area contributed by atoms with Crippen LogP contribution >= 0.6 is 0 Å². The van der Waals surface area contributed by atoms with E-state index in [-0.39, 0.29) is 0 Å². The summed E-state index contributed by atoms with van der Waals surface area (Å²) < 4.78 is 73.3. The number of halogens is 6. The Labute approximate surface area is 96.6 Å². The third kappa shape index (κ3) is 3.75. The van der Waals surface area contributed by atoms with Crippen LogP contribution in [0.3, 0.4) is 0 Å². The number of hydrogen-bond donors (Lipinski definition) is 3. The van der Waals surface area contributed by atoms with Crippen LogP contribution in [0.25, 0.3) is 0 Å². The molecule has 5 nitrogen and oxygen atoms in total. The Bertz CT molecular complexity index is 334. The van der Waals surface area contributed by atoms with E-state index in [0.29, 0.717) is 0 Å². The van der Waals surface area contributed by atoms with E-state index in [1.54, 1.807) is 0 Å². The van der Waals surface area contributed by atoms with Gasteiger partial charge in [0.25, 0.3) is 5.60 Å². The summed E-state index contributed by atoms with van der Waals surface area (Å²) in [5.74, 6) is 0. The molecule has 0 spiro atoms. The van der Waals surface area contributed by atoms with E-state index < -0.39 is 36.1 Å². The lowest BCUT2D eigenvalue weighted by Gasteiger charge is -2.32. The second kappa shape index (κ2) is 5.00. The van der Waals surface area contributed by atoms with Crippen LogP contribution in [-0.4, -0.2) is 34.8 Å². The number of amides is 2. The zero-order valence-electron chi connectivity index (χ0n) is 8.85. The molecule has 0 unspecified atom stereocenters. The Morgan fingerprint density at radius 3 is 1.89 bits per heavy atom. The van der Waals surface area contributed by atoms with Gasteiger partial charge in [0.15, 0.2) is 0 Å². The van der Waals surface area contributed by atoms with E-state index >= 15 is 0 Å². The fourth-order valence-corrected chi connectivity index (χ4v) is 0.921. The summed E-state index contributed by atoms with van der Waals surface area (Å²) in [7, 11) is 0. The average Bonchev–Trinajstić information content (AvgIpc) is 2.10. The van der Waals surface area contributed by atoms with Gasteiger partial charge in [0.05, 0.1) is 0 Å². The molecule has 0 aromatic carbocycles. The normalized spacial score (nSPS) is 14.6. The predicted molar refractivity (Wildman–Crippen MR) is 47.5 cm³/mol. The van der Waals surface area contributed by atoms with Gasteiger partial charge in [-0.3, -0.25) is 0 Å². The van der Waals surface area contributed by atoms with Crippen LogP contribution < -0.4 is 11.2 Å². The molecule has 0 radical (unpaired) electrons. The maximum atomic E-state index is 12.2. The number of carbonyl (C=O) groups excluding carboxylic acids is 1. The van der Waals surface area contributed by atoms with E-state index in [4.69, 9.17) is 5.11 Å². The molecule has 18 heavy (non-hydrogen) atoms. The van der Waals surface area contributed by atoms with Gasteiger partial charge in [-0.05, 0) is 6.92 Å². The van der Waals surface area contributed by atoms with Crippen LogP contribution in [0, 0.1) is 0 Å². The lowest BCUT2D eigenvalue weighted by atomic mass is 9.95. The molecule has 0 aromatic heterocycles. The van der Waals surface area contributed by atoms with Crippen LogP contribution in [0.15, 0.2) is 5.10 Å². The minimum Gasteiger partial charge on any atom is -0.373 e. The van der Waals surface area contributed by atoms with E-state index in [0.717, 1.165) is 6.92 Å². The van der Waals surface area contributed by atoms with E-state index in [1.807, 2.05) is 0 Å². The third-order valence-corrected chi connectivity index (χ3v) is 1.81. The first kappa shape index (κ1) is 16.5. The second-order valence-corrected chi connectivity index (χ2v) is 3.36. The zero-order valence-corrected chi connectivity index (χ0v) is 8.85. The van der Waals surface area contributed by atoms with Gasteiger partial charge in [0.1, 0.15) is 0 Å². The van der Waals surface area contributed by atoms with Crippen molar-refractivity contribution in [3.8, 4) is 0 Å². The molecule has 0 heterocycles. The maximum Gasteiger partial charge on any atom is 0.426 e. The predicted octanol–water partition coefficient (Wildman–Crippen LogP) is 1.28. The molecule has 0 bridgehead atoms. The number of alkyl halides is 6. The van der Waals surface area contributed by atoms with Gasteiger partial charge in [-0.25, -0.2) is 10.2 Å². The summed E-state index contributed by atoms with van der Waals surface area (Å²) in [5, 5.41) is 11.6. The SMILES string of the molecule is C/C(CC(O)(C(F)(F)F)C(F)(F)F)=N/NC(N)=O. The molecular weight excluding hydrogens is 272 g/mol. The number of nitrogens with zero attached hydrogens (tertiary/aromatic N) is 1. The highest BCUT2D eigenvalue weighted by atomic mass is 19.4. The number of primary amides is 1. The molecule has 0 atom stereocenters. The highest BCUT2D eigenvalue weighted by molar-refractivity contribution is 5.84. The Kier molecular flexibility index (Phi) is 4.58. The van der Waals surface area contributed by atoms with Crippen molar-refractivity contribution < 1.29 is 36.2 Å². The Morgan fingerprint density at radius 1 is 1.22 bits per heavy atom. The molecule has 0 saturated carbocycles. The number of hydrazone groups is 1. The zero-order chi connectivity index (χ0) is 14.8. The molecular formula is C7H9F6N3O2. The minimum atomic E-state index is -5.94. The molecule has 0 aliphatic carbocycles. The van der Waals surface area contributed by atoms with Crippen LogP contribution in [-0.2, 0) is 0 Å². The number of nitrogens with one attached hydrogen (secondary N) is 1. The van der Waals surface area contributed by atoms with E-state index in [9.17, 15) is 31.1 Å². The number of rotatable bonds is 3. The van der Waals surface area contributed by atoms with Crippen molar-refractivity contribution in [1.82, 2.24) is 5.43 Å². The van der Waals surface area contributed by atoms with E-state index in [1.165, 1.54) is 5.43 Å². The quantitative estimate of drug-likeness (QED) is 0.413. The van der Waals surface area contributed by atoms with Crippen LogP contribution in [0.2, 0.25) is 0 Å². The molecule has 0 rings (SSSR count). The van der Waals surface area contributed by atoms with Crippen molar-refractivity contribution in [2.45, 2.75) is 31.3 Å². The summed E-state index contributed by atoms with van der Waals surface area (Å²) in [6, 6.07) is -1.27. The first-order valence-electron chi connectivity index (χ1n) is 4.25. The fraction of sp³-hybridized carbons (Fsp3) is 0.714. The number of carbonyl (C=O) groups is 1. The van der Waals surface area contributed by atoms with Gasteiger partial charge >= 0.3 is 18.4 Å². The Balaban J connectivity index is 5.18. The van der Waals surface area contributed by atoms with Crippen molar-refractivity contribution in [2.75, 3.05) is 0 Å². The van der Waals surface area contributed by atoms with Crippen molar-refractivity contribution in [2.24, 2.45) is 10.8 Å². The fourth-order valence-electron chi connectivity index (χ4n) is 0.921. The highest BCUT2D eigenvalue weighted by Crippen LogP contribution is 2.45. The highest BCUT2D eigenvalue weighted by Gasteiger charge is 2.70. The van der Waals surface area contributed by atoms with Crippen LogP contribution in [0.1, 0.15) is 13.3 Å². The van der Waals surface area contributed by atoms with Gasteiger partial charge in [-0.1, -0.05) is 0 Å². The molecule has 0 aliphatic heterocycles. The summed E-state index contributed by atoms with van der Waals surface area (Å²) >= 11 is 0. The van der Waals surface area contributed by atoms with Crippen molar-refractivity contribution in [3.05, 3.63) is 0 Å². The first-order valence-corrected chi connectivity index (χ1v) is 4.25. The van der Waals surface area contributed by atoms with Gasteiger partial charge in [-0.2, -0.15) is 31.4 Å². The standard InChI is InChI=1S/C7H9F6N3O2/c1-3(15-16-4(14)17)2-5(18,6(8,9)10)7(11,12)13/h18H,2H2,1H3,(H3,14,16,17)/b15-3-. The van der Waals surface area contributed by atoms with Gasteiger partial charge < -0.3 is 10.8 Å². The van der Waals surface area contributed by atoms with Gasteiger partial charge in [0.2, 0.25) is 0 Å². The molecule has 11 heteroatoms. The summed E-state index contributed by atoms with van der Waals surface area (Å²) in [6.45, 7) is 0.762. The monoisotopic (exact) mass is 281 g/mol. The minimum absolute atomic E-state index is 0.762. The van der Waals surface area contributed by atoms with Gasteiger partial charge in [0, 0.05) is 12.1 Å². The summed E-state index contributed by atoms with van der Waals surface area (Å²) in [4.78, 5) is 10.2. The number of hydrogen-bond acceptors (Lipinski definition) is 3. The summed E-state index contributed by atoms with van der Waals surface area (Å²) in [6.07, 6.45) is -13.7. The first-order chi connectivity index (χ1) is 7.81. The lowest BCUT2D eigenvalue weighted by Crippen LogP contribution is -2.57. The molecule has 0 saturated heterocycles. The molecule has 0 aromatic rings. The molecule has 106 valence electrons. The third-order valence-electron chi connectivity index (χ3n) is 1.81. The Morgan fingerprint density at radius 2 is 1.61 bits per heavy atom. The van der Waals surface area contributed by atoms with E-state index in [2.05, 4.69) is 10.8 Å². The Hall–Kier alpha value is -1.52. The number of nitrogens with two attached hydrogens (primary N) is 1. The smallest absolute Gasteiger partial charge is 0.373 e. The number of urea groups is 1.